The minimum atomic E-state index is -1.17. The average molecular weight is 297 g/mol. The fourth-order valence-electron chi connectivity index (χ4n) is 3.01. The highest BCUT2D eigenvalue weighted by Gasteiger charge is 2.43. The van der Waals surface area contributed by atoms with Crippen molar-refractivity contribution in [3.05, 3.63) is 11.6 Å². The molecule has 4 atom stereocenters. The second kappa shape index (κ2) is 5.99. The van der Waals surface area contributed by atoms with E-state index in [0.29, 0.717) is 18.4 Å². The van der Waals surface area contributed by atoms with Crippen LogP contribution in [-0.4, -0.2) is 44.9 Å². The lowest BCUT2D eigenvalue weighted by atomic mass is 9.81. The molecule has 4 unspecified atom stereocenters. The summed E-state index contributed by atoms with van der Waals surface area (Å²) >= 11 is 1.23. The maximum absolute atomic E-state index is 11.3. The van der Waals surface area contributed by atoms with Crippen LogP contribution in [-0.2, 0) is 9.59 Å². The van der Waals surface area contributed by atoms with E-state index < -0.39 is 17.2 Å². The van der Waals surface area contributed by atoms with Crippen LogP contribution in [0.5, 0.6) is 0 Å². The first kappa shape index (κ1) is 15.1. The quantitative estimate of drug-likeness (QED) is 0.829. The van der Waals surface area contributed by atoms with Crippen molar-refractivity contribution in [2.75, 3.05) is 6.54 Å². The minimum Gasteiger partial charge on any atom is -0.480 e. The summed E-state index contributed by atoms with van der Waals surface area (Å²) in [5.41, 5.74) is 0.684. The molecule has 0 aromatic heterocycles. The first-order chi connectivity index (χ1) is 9.49. The van der Waals surface area contributed by atoms with Gasteiger partial charge in [0.05, 0.1) is 10.8 Å². The third-order valence-electron chi connectivity index (χ3n) is 4.13. The Balaban J connectivity index is 2.40. The molecule has 2 aliphatic heterocycles. The monoisotopic (exact) mass is 297 g/mol. The summed E-state index contributed by atoms with van der Waals surface area (Å²) in [6.45, 7) is 4.93. The average Bonchev–Trinajstić information content (AvgIpc) is 2.44. The smallest absolute Gasteiger partial charge is 0.333 e. The van der Waals surface area contributed by atoms with Gasteiger partial charge in [-0.2, -0.15) is 0 Å². The molecule has 0 fully saturated rings. The van der Waals surface area contributed by atoms with Crippen LogP contribution in [0.1, 0.15) is 26.7 Å². The van der Waals surface area contributed by atoms with Gasteiger partial charge < -0.3 is 10.2 Å². The number of fused-ring (bicyclic) bond motifs is 1. The fourth-order valence-corrected chi connectivity index (χ4v) is 4.64. The van der Waals surface area contributed by atoms with E-state index in [1.807, 2.05) is 0 Å². The maximum atomic E-state index is 11.3. The Hall–Kier alpha value is -1.30. The Morgan fingerprint density at radius 1 is 1.35 bits per heavy atom. The second-order valence-corrected chi connectivity index (χ2v) is 6.44. The van der Waals surface area contributed by atoms with E-state index in [1.54, 1.807) is 0 Å². The molecule has 0 aromatic rings. The molecule has 0 spiro atoms. The van der Waals surface area contributed by atoms with Crippen LogP contribution in [0, 0.1) is 11.8 Å². The van der Waals surface area contributed by atoms with Crippen molar-refractivity contribution in [2.45, 2.75) is 37.2 Å². The van der Waals surface area contributed by atoms with Gasteiger partial charge >= 0.3 is 11.9 Å². The van der Waals surface area contributed by atoms with E-state index in [9.17, 15) is 14.7 Å². The van der Waals surface area contributed by atoms with Crippen LogP contribution in [0.4, 0.5) is 0 Å². The molecule has 110 valence electrons. The molecule has 20 heavy (non-hydrogen) atoms. The number of aliphatic imine (C=N–C) groups is 1. The number of allylic oxidation sites excluding steroid dienone is 1. The summed E-state index contributed by atoms with van der Waals surface area (Å²) in [7, 11) is 0. The Morgan fingerprint density at radius 3 is 2.55 bits per heavy atom. The lowest BCUT2D eigenvalue weighted by Crippen LogP contribution is -2.43. The number of thioether (sulfide) groups is 1. The molecule has 2 heterocycles. The van der Waals surface area contributed by atoms with Gasteiger partial charge in [-0.25, -0.2) is 4.79 Å². The molecular weight excluding hydrogens is 278 g/mol. The number of aliphatic carboxylic acids is 2. The molecule has 0 aliphatic carbocycles. The minimum absolute atomic E-state index is 0.00269. The molecule has 0 saturated heterocycles. The molecule has 0 radical (unpaired) electrons. The molecule has 2 aliphatic rings. The summed E-state index contributed by atoms with van der Waals surface area (Å²) < 4.78 is 0. The Labute approximate surface area is 122 Å². The van der Waals surface area contributed by atoms with Gasteiger partial charge in [0.1, 0.15) is 5.25 Å². The predicted octanol–water partition coefficient (Wildman–Crippen LogP) is 2.07. The second-order valence-electron chi connectivity index (χ2n) is 5.19. The van der Waals surface area contributed by atoms with E-state index in [4.69, 9.17) is 5.11 Å². The van der Waals surface area contributed by atoms with E-state index in [0.717, 1.165) is 18.6 Å². The molecule has 5 nitrogen and oxygen atoms in total. The fraction of sp³-hybridized carbons (Fsp3) is 0.643. The number of hydrogen-bond acceptors (Lipinski definition) is 4. The van der Waals surface area contributed by atoms with Gasteiger partial charge in [-0.05, 0) is 17.9 Å². The molecule has 2 N–H and O–H groups in total. The van der Waals surface area contributed by atoms with Crippen molar-refractivity contribution in [3.8, 4) is 0 Å². The zero-order valence-electron chi connectivity index (χ0n) is 11.6. The number of hydrogen-bond donors (Lipinski definition) is 2. The molecule has 2 rings (SSSR count). The summed E-state index contributed by atoms with van der Waals surface area (Å²) in [4.78, 5) is 27.0. The lowest BCUT2D eigenvalue weighted by molar-refractivity contribution is -0.139. The Kier molecular flexibility index (Phi) is 4.52. The Bertz CT molecular complexity index is 486. The molecule has 0 aromatic carbocycles. The van der Waals surface area contributed by atoms with Crippen molar-refractivity contribution in [2.24, 2.45) is 16.8 Å². The van der Waals surface area contributed by atoms with E-state index in [2.05, 4.69) is 18.8 Å². The molecular formula is C14H19NO4S. The van der Waals surface area contributed by atoms with Crippen LogP contribution in [0.3, 0.4) is 0 Å². The van der Waals surface area contributed by atoms with Crippen LogP contribution in [0.2, 0.25) is 0 Å². The van der Waals surface area contributed by atoms with Gasteiger partial charge in [0.25, 0.3) is 0 Å². The predicted molar refractivity (Wildman–Crippen MR) is 78.4 cm³/mol. The molecule has 6 heteroatoms. The van der Waals surface area contributed by atoms with Crippen molar-refractivity contribution >= 4 is 29.4 Å². The number of carboxylic acids is 2. The molecule has 0 amide bonds. The van der Waals surface area contributed by atoms with Gasteiger partial charge in [0.2, 0.25) is 0 Å². The normalized spacial score (nSPS) is 32.9. The summed E-state index contributed by atoms with van der Waals surface area (Å²) in [6.07, 6.45) is 3.45. The molecule has 0 saturated carbocycles. The van der Waals surface area contributed by atoms with E-state index >= 15 is 0 Å². The van der Waals surface area contributed by atoms with Gasteiger partial charge in [-0.3, -0.25) is 9.79 Å². The first-order valence-corrected chi connectivity index (χ1v) is 7.81. The Morgan fingerprint density at radius 2 is 2.05 bits per heavy atom. The zero-order chi connectivity index (χ0) is 14.9. The third-order valence-corrected chi connectivity index (χ3v) is 5.74. The summed E-state index contributed by atoms with van der Waals surface area (Å²) in [6, 6.07) is 0. The van der Waals surface area contributed by atoms with Crippen molar-refractivity contribution in [1.29, 1.82) is 0 Å². The molecule has 0 bridgehead atoms. The number of carbonyl (C=O) groups is 2. The number of nitrogens with zero attached hydrogens (tertiary/aromatic N) is 1. The van der Waals surface area contributed by atoms with E-state index in [1.165, 1.54) is 17.8 Å². The standard InChI is InChI=1S/C14H19NO4S/c1-3-7-6-15-10-5-9(13(16)17)12(14(18)19)20-11(10)8(7)4-2/h5,7-8,11-12H,3-4,6H2,1-2H3,(H,16,17)(H,18,19). The summed E-state index contributed by atoms with van der Waals surface area (Å²) in [5, 5.41) is 17.4. The van der Waals surface area contributed by atoms with Gasteiger partial charge in [-0.15, -0.1) is 11.8 Å². The van der Waals surface area contributed by atoms with Gasteiger partial charge in [0, 0.05) is 12.3 Å². The number of rotatable bonds is 4. The van der Waals surface area contributed by atoms with Gasteiger partial charge in [-0.1, -0.05) is 26.7 Å². The highest BCUT2D eigenvalue weighted by molar-refractivity contribution is 8.02. The highest BCUT2D eigenvalue weighted by atomic mass is 32.2. The summed E-state index contributed by atoms with van der Waals surface area (Å²) in [5.74, 6) is -1.44. The van der Waals surface area contributed by atoms with Crippen LogP contribution < -0.4 is 0 Å². The van der Waals surface area contributed by atoms with Crippen LogP contribution >= 0.6 is 11.8 Å². The maximum Gasteiger partial charge on any atom is 0.333 e. The largest absolute Gasteiger partial charge is 0.480 e. The van der Waals surface area contributed by atoms with E-state index in [-0.39, 0.29) is 10.8 Å². The third kappa shape index (κ3) is 2.61. The van der Waals surface area contributed by atoms with Crippen LogP contribution in [0.15, 0.2) is 16.6 Å². The topological polar surface area (TPSA) is 87.0 Å². The van der Waals surface area contributed by atoms with Crippen molar-refractivity contribution in [3.63, 3.8) is 0 Å². The highest BCUT2D eigenvalue weighted by Crippen LogP contribution is 2.42. The van der Waals surface area contributed by atoms with Crippen LogP contribution in [0.25, 0.3) is 0 Å². The van der Waals surface area contributed by atoms with Crippen molar-refractivity contribution in [1.82, 2.24) is 0 Å². The SMILES string of the molecule is CCC1CN=C2C=C(C(=O)O)C(C(=O)O)SC2C1CC. The van der Waals surface area contributed by atoms with Crippen molar-refractivity contribution < 1.29 is 19.8 Å². The number of carboxylic acid groups (broad SMARTS) is 2. The van der Waals surface area contributed by atoms with Gasteiger partial charge in [0.15, 0.2) is 0 Å². The zero-order valence-corrected chi connectivity index (χ0v) is 12.4. The first-order valence-electron chi connectivity index (χ1n) is 6.87. The lowest BCUT2D eigenvalue weighted by Gasteiger charge is -2.39.